The number of rotatable bonds is 5. The molecule has 0 atom stereocenters. The standard InChI is InChI=1S/C5H12N.C4H6O4.Na/c1-4-5-6(2)3;5-3(6)1-2-4(7)8;/h1,4-5H2,2-3H3;1-2H2,(H,5,6)(H,7,8);/q-1;;+1. The fourth-order valence-electron chi connectivity index (χ4n) is 0.530. The Kier molecular flexibility index (Phi) is 18.8. The van der Waals surface area contributed by atoms with Crippen LogP contribution in [0.25, 0.3) is 0 Å². The van der Waals surface area contributed by atoms with Crippen molar-refractivity contribution in [2.24, 2.45) is 0 Å². The first-order valence-corrected chi connectivity index (χ1v) is 4.27. The van der Waals surface area contributed by atoms with Crippen LogP contribution in [0.3, 0.4) is 0 Å². The molecule has 0 fully saturated rings. The number of carbonyl (C=O) groups is 2. The second-order valence-corrected chi connectivity index (χ2v) is 2.94. The van der Waals surface area contributed by atoms with E-state index in [0.29, 0.717) is 0 Å². The van der Waals surface area contributed by atoms with Crippen LogP contribution in [0.4, 0.5) is 0 Å². The Labute approximate surface area is 113 Å². The van der Waals surface area contributed by atoms with Gasteiger partial charge in [-0.25, -0.2) is 0 Å². The van der Waals surface area contributed by atoms with Crippen LogP contribution in [-0.2, 0) is 9.59 Å². The number of hydrogen-bond donors (Lipinski definition) is 2. The number of hydrogen-bond acceptors (Lipinski definition) is 3. The van der Waals surface area contributed by atoms with Crippen LogP contribution in [-0.4, -0.2) is 47.7 Å². The van der Waals surface area contributed by atoms with Crippen LogP contribution in [0, 0.1) is 6.92 Å². The largest absolute Gasteiger partial charge is 1.00 e. The number of carboxylic acids is 2. The Morgan fingerprint density at radius 1 is 1.13 bits per heavy atom. The Morgan fingerprint density at radius 3 is 1.53 bits per heavy atom. The molecule has 0 aliphatic rings. The van der Waals surface area contributed by atoms with Crippen molar-refractivity contribution in [3.63, 3.8) is 0 Å². The van der Waals surface area contributed by atoms with Crippen molar-refractivity contribution in [1.29, 1.82) is 0 Å². The van der Waals surface area contributed by atoms with Gasteiger partial charge in [-0.05, 0) is 20.6 Å². The molecular formula is C9H18NNaO4. The average Bonchev–Trinajstić information content (AvgIpc) is 2.01. The summed E-state index contributed by atoms with van der Waals surface area (Å²) >= 11 is 0. The molecule has 0 aliphatic carbocycles. The van der Waals surface area contributed by atoms with Crippen LogP contribution < -0.4 is 29.6 Å². The molecule has 0 aromatic rings. The molecule has 5 nitrogen and oxygen atoms in total. The fourth-order valence-corrected chi connectivity index (χ4v) is 0.530. The molecule has 0 aliphatic heterocycles. The van der Waals surface area contributed by atoms with Gasteiger partial charge in [0.15, 0.2) is 0 Å². The van der Waals surface area contributed by atoms with Crippen molar-refractivity contribution in [3.8, 4) is 0 Å². The zero-order valence-electron chi connectivity index (χ0n) is 9.69. The molecule has 2 N–H and O–H groups in total. The van der Waals surface area contributed by atoms with E-state index in [1.807, 2.05) is 14.1 Å². The summed E-state index contributed by atoms with van der Waals surface area (Å²) in [5.41, 5.74) is 0. The summed E-state index contributed by atoms with van der Waals surface area (Å²) in [4.78, 5) is 21.4. The van der Waals surface area contributed by atoms with Gasteiger partial charge < -0.3 is 22.0 Å². The normalized spacial score (nSPS) is 8.53. The van der Waals surface area contributed by atoms with Crippen molar-refractivity contribution < 1.29 is 49.4 Å². The van der Waals surface area contributed by atoms with Crippen molar-refractivity contribution in [2.75, 3.05) is 20.6 Å². The molecule has 84 valence electrons. The summed E-state index contributed by atoms with van der Waals surface area (Å²) in [7, 11) is 4.09. The molecule has 0 amide bonds. The fraction of sp³-hybridized carbons (Fsp3) is 0.667. The minimum absolute atomic E-state index is 0. The first kappa shape index (κ1) is 20.3. The van der Waals surface area contributed by atoms with E-state index < -0.39 is 11.9 Å². The molecule has 0 aromatic heterocycles. The SMILES string of the molecule is O=C(O)CCC(=O)O.[CH2-]CCN(C)C.[Na+]. The van der Waals surface area contributed by atoms with Gasteiger partial charge >= 0.3 is 41.5 Å². The monoisotopic (exact) mass is 227 g/mol. The summed E-state index contributed by atoms with van der Waals surface area (Å²) in [5, 5.41) is 15.8. The third-order valence-corrected chi connectivity index (χ3v) is 1.16. The zero-order chi connectivity index (χ0) is 11.6. The van der Waals surface area contributed by atoms with Gasteiger partial charge in [0.1, 0.15) is 0 Å². The van der Waals surface area contributed by atoms with Crippen molar-refractivity contribution in [3.05, 3.63) is 6.92 Å². The maximum atomic E-state index is 9.64. The molecule has 0 heterocycles. The molecule has 0 radical (unpaired) electrons. The molecule has 0 unspecified atom stereocenters. The van der Waals surface area contributed by atoms with Gasteiger partial charge in [0.05, 0.1) is 12.8 Å². The number of nitrogens with zero attached hydrogens (tertiary/aromatic N) is 1. The topological polar surface area (TPSA) is 77.8 Å². The average molecular weight is 227 g/mol. The van der Waals surface area contributed by atoms with Crippen molar-refractivity contribution in [2.45, 2.75) is 19.3 Å². The number of carboxylic acid groups (broad SMARTS) is 2. The van der Waals surface area contributed by atoms with E-state index in [1.165, 1.54) is 0 Å². The summed E-state index contributed by atoms with van der Waals surface area (Å²) in [6, 6.07) is 0. The Morgan fingerprint density at radius 2 is 1.47 bits per heavy atom. The minimum Gasteiger partial charge on any atom is -0.481 e. The molecule has 0 spiro atoms. The van der Waals surface area contributed by atoms with E-state index in [9.17, 15) is 9.59 Å². The zero-order valence-corrected chi connectivity index (χ0v) is 11.7. The second kappa shape index (κ2) is 13.9. The van der Waals surface area contributed by atoms with Gasteiger partial charge in [-0.1, -0.05) is 0 Å². The van der Waals surface area contributed by atoms with E-state index in [2.05, 4.69) is 11.8 Å². The molecule has 6 heteroatoms. The van der Waals surface area contributed by atoms with Crippen LogP contribution in [0.5, 0.6) is 0 Å². The van der Waals surface area contributed by atoms with Crippen LogP contribution >= 0.6 is 0 Å². The van der Waals surface area contributed by atoms with Gasteiger partial charge in [-0.2, -0.15) is 6.42 Å². The molecule has 0 aromatic carbocycles. The molecule has 0 saturated heterocycles. The molecular weight excluding hydrogens is 209 g/mol. The first-order valence-electron chi connectivity index (χ1n) is 4.27. The van der Waals surface area contributed by atoms with Gasteiger partial charge in [0.25, 0.3) is 0 Å². The third kappa shape index (κ3) is 31.5. The predicted octanol–water partition coefficient (Wildman–Crippen LogP) is -2.29. The Balaban J connectivity index is -0.000000187. The van der Waals surface area contributed by atoms with Gasteiger partial charge in [-0.15, -0.1) is 0 Å². The smallest absolute Gasteiger partial charge is 0.481 e. The number of aliphatic carboxylic acids is 2. The first-order chi connectivity index (χ1) is 6.40. The Bertz CT molecular complexity index is 159. The van der Waals surface area contributed by atoms with Crippen LogP contribution in [0.15, 0.2) is 0 Å². The summed E-state index contributed by atoms with van der Waals surface area (Å²) in [6.45, 7) is 4.78. The minimum atomic E-state index is -1.08. The van der Waals surface area contributed by atoms with Crippen LogP contribution in [0.1, 0.15) is 19.3 Å². The third-order valence-electron chi connectivity index (χ3n) is 1.16. The molecule has 0 rings (SSSR count). The summed E-state index contributed by atoms with van der Waals surface area (Å²) in [6.07, 6.45) is 0.414. The van der Waals surface area contributed by atoms with Gasteiger partial charge in [-0.3, -0.25) is 9.59 Å². The quantitative estimate of drug-likeness (QED) is 0.408. The maximum absolute atomic E-state index is 9.64. The van der Waals surface area contributed by atoms with Gasteiger partial charge in [0, 0.05) is 0 Å². The summed E-state index contributed by atoms with van der Waals surface area (Å²) < 4.78 is 0. The Hall–Kier alpha value is -0.100. The van der Waals surface area contributed by atoms with E-state index in [4.69, 9.17) is 10.2 Å². The molecule has 15 heavy (non-hydrogen) atoms. The predicted molar refractivity (Wildman–Crippen MR) is 53.0 cm³/mol. The molecule has 0 saturated carbocycles. The van der Waals surface area contributed by atoms with Crippen molar-refractivity contribution >= 4 is 11.9 Å². The maximum Gasteiger partial charge on any atom is 1.00 e. The van der Waals surface area contributed by atoms with Gasteiger partial charge in [0.2, 0.25) is 0 Å². The van der Waals surface area contributed by atoms with E-state index >= 15 is 0 Å². The van der Waals surface area contributed by atoms with Crippen molar-refractivity contribution in [1.82, 2.24) is 4.90 Å². The van der Waals surface area contributed by atoms with E-state index in [-0.39, 0.29) is 42.4 Å². The summed E-state index contributed by atoms with van der Waals surface area (Å²) in [5.74, 6) is -2.15. The second-order valence-electron chi connectivity index (χ2n) is 2.94. The van der Waals surface area contributed by atoms with E-state index in [1.54, 1.807) is 0 Å². The van der Waals surface area contributed by atoms with Crippen LogP contribution in [0.2, 0.25) is 0 Å². The van der Waals surface area contributed by atoms with E-state index in [0.717, 1.165) is 13.0 Å². The molecule has 0 bridgehead atoms.